The van der Waals surface area contributed by atoms with Gasteiger partial charge in [-0.1, -0.05) is 30.3 Å². The Balaban J connectivity index is 1.62. The maximum atomic E-state index is 11.5. The molecule has 0 saturated heterocycles. The van der Waals surface area contributed by atoms with Crippen LogP contribution in [0.5, 0.6) is 5.75 Å². The van der Waals surface area contributed by atoms with Gasteiger partial charge in [-0.25, -0.2) is 4.79 Å². The molecule has 0 heterocycles. The molecule has 2 aromatic rings. The number of rotatable bonds is 9. The molecule has 0 fully saturated rings. The van der Waals surface area contributed by atoms with Crippen LogP contribution < -0.4 is 4.74 Å². The molecule has 4 nitrogen and oxygen atoms in total. The topological polar surface area (TPSA) is 44.8 Å². The Morgan fingerprint density at radius 3 is 2.46 bits per heavy atom. The normalized spacial score (nSPS) is 10.4. The van der Waals surface area contributed by atoms with E-state index in [-0.39, 0.29) is 5.97 Å². The lowest BCUT2D eigenvalue weighted by atomic mass is 10.1. The van der Waals surface area contributed by atoms with E-state index in [2.05, 4.69) is 12.1 Å². The van der Waals surface area contributed by atoms with Gasteiger partial charge in [-0.05, 0) is 49.1 Å². The van der Waals surface area contributed by atoms with E-state index in [9.17, 15) is 4.79 Å². The molecule has 0 unspecified atom stereocenters. The van der Waals surface area contributed by atoms with Gasteiger partial charge in [0, 0.05) is 6.61 Å². The van der Waals surface area contributed by atoms with Crippen molar-refractivity contribution < 1.29 is 19.0 Å². The minimum atomic E-state index is -0.324. The lowest BCUT2D eigenvalue weighted by Crippen LogP contribution is -2.05. The van der Waals surface area contributed by atoms with Crippen molar-refractivity contribution in [3.05, 3.63) is 65.2 Å². The number of ether oxygens (including phenoxy) is 3. The van der Waals surface area contributed by atoms with Gasteiger partial charge in [0.25, 0.3) is 0 Å². The van der Waals surface area contributed by atoms with E-state index in [1.54, 1.807) is 12.1 Å². The van der Waals surface area contributed by atoms with E-state index in [0.29, 0.717) is 18.8 Å². The first-order valence-corrected chi connectivity index (χ1v) is 8.14. The number of unbranched alkanes of at least 4 members (excludes halogenated alkanes) is 1. The van der Waals surface area contributed by atoms with Crippen LogP contribution in [0.4, 0.5) is 0 Å². The number of aryl methyl sites for hydroxylation is 1. The Morgan fingerprint density at radius 2 is 1.75 bits per heavy atom. The van der Waals surface area contributed by atoms with Gasteiger partial charge in [0.1, 0.15) is 5.75 Å². The molecule has 0 aliphatic heterocycles. The zero-order valence-electron chi connectivity index (χ0n) is 14.3. The van der Waals surface area contributed by atoms with E-state index in [1.165, 1.54) is 12.7 Å². The van der Waals surface area contributed by atoms with Crippen LogP contribution in [0.2, 0.25) is 0 Å². The average molecular weight is 328 g/mol. The summed E-state index contributed by atoms with van der Waals surface area (Å²) < 4.78 is 16.1. The Hall–Kier alpha value is -2.33. The van der Waals surface area contributed by atoms with E-state index < -0.39 is 0 Å². The molecule has 4 heteroatoms. The van der Waals surface area contributed by atoms with E-state index in [0.717, 1.165) is 30.8 Å². The van der Waals surface area contributed by atoms with Crippen molar-refractivity contribution in [3.8, 4) is 5.75 Å². The standard InChI is InChI=1S/C20H24O4/c1-16-14-18(10-11-19(16)20(21)22-2)24-13-7-6-12-23-15-17-8-4-3-5-9-17/h3-5,8-11,14H,6-7,12-13,15H2,1-2H3. The van der Waals surface area contributed by atoms with Gasteiger partial charge in [-0.3, -0.25) is 0 Å². The summed E-state index contributed by atoms with van der Waals surface area (Å²) in [6.45, 7) is 3.87. The third kappa shape index (κ3) is 5.70. The Morgan fingerprint density at radius 1 is 1.00 bits per heavy atom. The quantitative estimate of drug-likeness (QED) is 0.512. The summed E-state index contributed by atoms with van der Waals surface area (Å²) in [6, 6.07) is 15.5. The van der Waals surface area contributed by atoms with Crippen molar-refractivity contribution in [2.75, 3.05) is 20.3 Å². The van der Waals surface area contributed by atoms with Gasteiger partial charge < -0.3 is 14.2 Å². The van der Waals surface area contributed by atoms with E-state index in [1.807, 2.05) is 31.2 Å². The van der Waals surface area contributed by atoms with Gasteiger partial charge >= 0.3 is 5.97 Å². The molecule has 0 radical (unpaired) electrons. The number of hydrogen-bond donors (Lipinski definition) is 0. The van der Waals surface area contributed by atoms with Crippen LogP contribution >= 0.6 is 0 Å². The summed E-state index contributed by atoms with van der Waals surface area (Å²) in [5, 5.41) is 0. The van der Waals surface area contributed by atoms with Crippen LogP contribution in [0.3, 0.4) is 0 Å². The van der Waals surface area contributed by atoms with Crippen molar-refractivity contribution in [2.24, 2.45) is 0 Å². The Labute approximate surface area is 143 Å². The highest BCUT2D eigenvalue weighted by Gasteiger charge is 2.09. The molecular formula is C20H24O4. The molecule has 128 valence electrons. The summed E-state index contributed by atoms with van der Waals surface area (Å²) in [6.07, 6.45) is 1.87. The fourth-order valence-corrected chi connectivity index (χ4v) is 2.33. The minimum Gasteiger partial charge on any atom is -0.494 e. The van der Waals surface area contributed by atoms with Gasteiger partial charge in [-0.2, -0.15) is 0 Å². The highest BCUT2D eigenvalue weighted by molar-refractivity contribution is 5.91. The molecule has 24 heavy (non-hydrogen) atoms. The number of methoxy groups -OCH3 is 1. The SMILES string of the molecule is COC(=O)c1ccc(OCCCCOCc2ccccc2)cc1C. The lowest BCUT2D eigenvalue weighted by Gasteiger charge is -2.09. The molecule has 2 aromatic carbocycles. The molecular weight excluding hydrogens is 304 g/mol. The molecule has 0 aliphatic rings. The molecule has 0 saturated carbocycles. The van der Waals surface area contributed by atoms with Crippen molar-refractivity contribution in [2.45, 2.75) is 26.4 Å². The summed E-state index contributed by atoms with van der Waals surface area (Å²) in [5.74, 6) is 0.444. The molecule has 2 rings (SSSR count). The number of hydrogen-bond acceptors (Lipinski definition) is 4. The monoisotopic (exact) mass is 328 g/mol. The van der Waals surface area contributed by atoms with Crippen LogP contribution in [-0.2, 0) is 16.1 Å². The van der Waals surface area contributed by atoms with Crippen LogP contribution in [0.25, 0.3) is 0 Å². The average Bonchev–Trinajstić information content (AvgIpc) is 2.61. The van der Waals surface area contributed by atoms with Gasteiger partial charge in [-0.15, -0.1) is 0 Å². The molecule has 0 aliphatic carbocycles. The highest BCUT2D eigenvalue weighted by atomic mass is 16.5. The third-order valence-electron chi connectivity index (χ3n) is 3.67. The maximum Gasteiger partial charge on any atom is 0.338 e. The largest absolute Gasteiger partial charge is 0.494 e. The second kappa shape index (κ2) is 9.73. The smallest absolute Gasteiger partial charge is 0.338 e. The summed E-state index contributed by atoms with van der Waals surface area (Å²) in [4.78, 5) is 11.5. The van der Waals surface area contributed by atoms with E-state index >= 15 is 0 Å². The van der Waals surface area contributed by atoms with Crippen LogP contribution in [0, 0.1) is 6.92 Å². The van der Waals surface area contributed by atoms with Gasteiger partial charge in [0.15, 0.2) is 0 Å². The molecule has 0 amide bonds. The fraction of sp³-hybridized carbons (Fsp3) is 0.350. The molecule has 0 aromatic heterocycles. The van der Waals surface area contributed by atoms with Gasteiger partial charge in [0.05, 0.1) is 25.9 Å². The first kappa shape index (κ1) is 18.0. The van der Waals surface area contributed by atoms with Crippen LogP contribution in [-0.4, -0.2) is 26.3 Å². The second-order valence-corrected chi connectivity index (χ2v) is 5.56. The second-order valence-electron chi connectivity index (χ2n) is 5.56. The maximum absolute atomic E-state index is 11.5. The number of esters is 1. The van der Waals surface area contributed by atoms with Crippen LogP contribution in [0.15, 0.2) is 48.5 Å². The predicted octanol–water partition coefficient (Wildman–Crippen LogP) is 4.16. The molecule has 0 atom stereocenters. The minimum absolute atomic E-state index is 0.324. The highest BCUT2D eigenvalue weighted by Crippen LogP contribution is 2.18. The predicted molar refractivity (Wildman–Crippen MR) is 93.3 cm³/mol. The number of carbonyl (C=O) groups excluding carboxylic acids is 1. The Kier molecular flexibility index (Phi) is 7.30. The zero-order chi connectivity index (χ0) is 17.2. The van der Waals surface area contributed by atoms with Crippen LogP contribution in [0.1, 0.15) is 34.3 Å². The third-order valence-corrected chi connectivity index (χ3v) is 3.67. The van der Waals surface area contributed by atoms with Crippen molar-refractivity contribution >= 4 is 5.97 Å². The molecule has 0 spiro atoms. The number of benzene rings is 2. The van der Waals surface area contributed by atoms with Gasteiger partial charge in [0.2, 0.25) is 0 Å². The first-order valence-electron chi connectivity index (χ1n) is 8.14. The summed E-state index contributed by atoms with van der Waals surface area (Å²) in [5.41, 5.74) is 2.61. The summed E-state index contributed by atoms with van der Waals surface area (Å²) >= 11 is 0. The zero-order valence-corrected chi connectivity index (χ0v) is 14.3. The number of carbonyl (C=O) groups is 1. The summed E-state index contributed by atoms with van der Waals surface area (Å²) in [7, 11) is 1.38. The Bertz CT molecular complexity index is 637. The fourth-order valence-electron chi connectivity index (χ4n) is 2.33. The van der Waals surface area contributed by atoms with E-state index in [4.69, 9.17) is 14.2 Å². The van der Waals surface area contributed by atoms with Crippen molar-refractivity contribution in [1.29, 1.82) is 0 Å². The lowest BCUT2D eigenvalue weighted by molar-refractivity contribution is 0.0600. The first-order chi connectivity index (χ1) is 11.7. The van der Waals surface area contributed by atoms with Crippen molar-refractivity contribution in [1.82, 2.24) is 0 Å². The molecule has 0 bridgehead atoms. The van der Waals surface area contributed by atoms with Crippen molar-refractivity contribution in [3.63, 3.8) is 0 Å². The molecule has 0 N–H and O–H groups in total.